The number of hydrogen-bond donors (Lipinski definition) is 1. The minimum atomic E-state index is 0.895. The Balaban J connectivity index is 2.06. The minimum Gasteiger partial charge on any atom is -0.341 e. The van der Waals surface area contributed by atoms with Gasteiger partial charge in [-0.3, -0.25) is 4.99 Å². The van der Waals surface area contributed by atoms with E-state index < -0.39 is 0 Å². The maximum absolute atomic E-state index is 4.34. The second-order valence-corrected chi connectivity index (χ2v) is 2.95. The summed E-state index contributed by atoms with van der Waals surface area (Å²) in [6.07, 6.45) is 5.22. The SMILES string of the molecule is C1=CC(Nc2ccccc2)=NCC1. The molecule has 2 heteroatoms. The third-order valence-corrected chi connectivity index (χ3v) is 1.90. The van der Waals surface area contributed by atoms with Crippen LogP contribution < -0.4 is 5.32 Å². The number of anilines is 1. The van der Waals surface area contributed by atoms with Gasteiger partial charge in [0.25, 0.3) is 0 Å². The van der Waals surface area contributed by atoms with Crippen molar-refractivity contribution in [2.45, 2.75) is 6.42 Å². The maximum atomic E-state index is 4.34. The fourth-order valence-electron chi connectivity index (χ4n) is 1.26. The summed E-state index contributed by atoms with van der Waals surface area (Å²) in [6.45, 7) is 0.895. The van der Waals surface area contributed by atoms with E-state index in [0.717, 1.165) is 24.5 Å². The molecule has 1 aliphatic heterocycles. The number of aliphatic imine (C=N–C) groups is 1. The van der Waals surface area contributed by atoms with Crippen LogP contribution in [0.15, 0.2) is 47.5 Å². The van der Waals surface area contributed by atoms with Crippen molar-refractivity contribution in [2.24, 2.45) is 4.99 Å². The molecular weight excluding hydrogens is 160 g/mol. The first kappa shape index (κ1) is 8.05. The number of nitrogens with one attached hydrogen (secondary N) is 1. The van der Waals surface area contributed by atoms with E-state index >= 15 is 0 Å². The monoisotopic (exact) mass is 172 g/mol. The highest BCUT2D eigenvalue weighted by molar-refractivity contribution is 6.04. The molecule has 1 aliphatic rings. The molecule has 0 saturated heterocycles. The number of dihydropyridines is 1. The first-order chi connectivity index (χ1) is 6.45. The van der Waals surface area contributed by atoms with E-state index in [2.05, 4.69) is 16.4 Å². The third kappa shape index (κ3) is 2.18. The fourth-order valence-corrected chi connectivity index (χ4v) is 1.26. The molecule has 0 radical (unpaired) electrons. The van der Waals surface area contributed by atoms with Crippen molar-refractivity contribution < 1.29 is 0 Å². The summed E-state index contributed by atoms with van der Waals surface area (Å²) in [7, 11) is 0. The summed E-state index contributed by atoms with van der Waals surface area (Å²) in [4.78, 5) is 4.34. The van der Waals surface area contributed by atoms with Crippen LogP contribution in [0.1, 0.15) is 6.42 Å². The van der Waals surface area contributed by atoms with E-state index in [1.54, 1.807) is 0 Å². The van der Waals surface area contributed by atoms with Gasteiger partial charge < -0.3 is 5.32 Å². The summed E-state index contributed by atoms with van der Waals surface area (Å²) < 4.78 is 0. The molecule has 13 heavy (non-hydrogen) atoms. The quantitative estimate of drug-likeness (QED) is 0.691. The van der Waals surface area contributed by atoms with Crippen molar-refractivity contribution in [3.63, 3.8) is 0 Å². The first-order valence-corrected chi connectivity index (χ1v) is 4.48. The van der Waals surface area contributed by atoms with Crippen molar-refractivity contribution in [1.29, 1.82) is 0 Å². The molecule has 0 bridgehead atoms. The van der Waals surface area contributed by atoms with Crippen LogP contribution in [-0.2, 0) is 0 Å². The van der Waals surface area contributed by atoms with Crippen LogP contribution in [0.3, 0.4) is 0 Å². The van der Waals surface area contributed by atoms with E-state index in [9.17, 15) is 0 Å². The van der Waals surface area contributed by atoms with Crippen molar-refractivity contribution in [3.05, 3.63) is 42.5 Å². The Morgan fingerprint density at radius 3 is 2.69 bits per heavy atom. The molecule has 1 aromatic rings. The van der Waals surface area contributed by atoms with Crippen LogP contribution in [0.4, 0.5) is 5.69 Å². The summed E-state index contributed by atoms with van der Waals surface area (Å²) >= 11 is 0. The van der Waals surface area contributed by atoms with Crippen molar-refractivity contribution in [1.82, 2.24) is 0 Å². The maximum Gasteiger partial charge on any atom is 0.124 e. The predicted molar refractivity (Wildman–Crippen MR) is 56.1 cm³/mol. The lowest BCUT2D eigenvalue weighted by molar-refractivity contribution is 0.992. The Labute approximate surface area is 78.0 Å². The number of amidine groups is 1. The molecule has 2 rings (SSSR count). The Hall–Kier alpha value is -1.57. The molecule has 0 atom stereocenters. The van der Waals surface area contributed by atoms with Gasteiger partial charge in [-0.15, -0.1) is 0 Å². The Morgan fingerprint density at radius 2 is 2.00 bits per heavy atom. The smallest absolute Gasteiger partial charge is 0.124 e. The molecule has 0 spiro atoms. The van der Waals surface area contributed by atoms with Gasteiger partial charge in [0, 0.05) is 12.2 Å². The lowest BCUT2D eigenvalue weighted by Gasteiger charge is -2.08. The number of hydrogen-bond acceptors (Lipinski definition) is 2. The number of para-hydroxylation sites is 1. The van der Waals surface area contributed by atoms with Crippen molar-refractivity contribution >= 4 is 11.5 Å². The fraction of sp³-hybridized carbons (Fsp3) is 0.182. The Morgan fingerprint density at radius 1 is 1.15 bits per heavy atom. The second-order valence-electron chi connectivity index (χ2n) is 2.95. The minimum absolute atomic E-state index is 0.895. The molecule has 0 fully saturated rings. The average Bonchev–Trinajstić information content (AvgIpc) is 2.21. The molecule has 0 aliphatic carbocycles. The number of benzene rings is 1. The van der Waals surface area contributed by atoms with E-state index in [4.69, 9.17) is 0 Å². The second kappa shape index (κ2) is 3.90. The molecule has 1 aromatic carbocycles. The van der Waals surface area contributed by atoms with Gasteiger partial charge in [0.05, 0.1) is 0 Å². The van der Waals surface area contributed by atoms with E-state index in [1.165, 1.54) is 0 Å². The molecule has 0 unspecified atom stereocenters. The lowest BCUT2D eigenvalue weighted by Crippen LogP contribution is -2.11. The van der Waals surface area contributed by atoms with Gasteiger partial charge in [-0.05, 0) is 24.6 Å². The van der Waals surface area contributed by atoms with Gasteiger partial charge >= 0.3 is 0 Å². The molecule has 1 N–H and O–H groups in total. The molecule has 2 nitrogen and oxygen atoms in total. The van der Waals surface area contributed by atoms with Gasteiger partial charge in [-0.25, -0.2) is 0 Å². The highest BCUT2D eigenvalue weighted by Crippen LogP contribution is 2.06. The van der Waals surface area contributed by atoms with Crippen LogP contribution in [0.2, 0.25) is 0 Å². The van der Waals surface area contributed by atoms with Gasteiger partial charge in [-0.1, -0.05) is 24.3 Å². The molecular formula is C11H12N2. The molecule has 0 saturated carbocycles. The highest BCUT2D eigenvalue weighted by Gasteiger charge is 1.97. The van der Waals surface area contributed by atoms with E-state index in [0.29, 0.717) is 0 Å². The zero-order chi connectivity index (χ0) is 8.93. The van der Waals surface area contributed by atoms with Crippen LogP contribution in [0.25, 0.3) is 0 Å². The zero-order valence-corrected chi connectivity index (χ0v) is 7.40. The summed E-state index contributed by atoms with van der Waals surface area (Å²) in [5.74, 6) is 0.956. The van der Waals surface area contributed by atoms with Gasteiger partial charge in [0.1, 0.15) is 5.84 Å². The summed E-state index contributed by atoms with van der Waals surface area (Å²) in [6, 6.07) is 10.1. The molecule has 0 aromatic heterocycles. The molecule has 66 valence electrons. The lowest BCUT2D eigenvalue weighted by atomic mass is 10.3. The Kier molecular flexibility index (Phi) is 2.41. The summed E-state index contributed by atoms with van der Waals surface area (Å²) in [5.41, 5.74) is 1.09. The number of rotatable bonds is 1. The number of nitrogens with zero attached hydrogens (tertiary/aromatic N) is 1. The van der Waals surface area contributed by atoms with E-state index in [1.807, 2.05) is 36.4 Å². The topological polar surface area (TPSA) is 24.4 Å². The normalized spacial score (nSPS) is 15.2. The van der Waals surface area contributed by atoms with Gasteiger partial charge in [0.2, 0.25) is 0 Å². The Bertz CT molecular complexity index is 325. The van der Waals surface area contributed by atoms with Crippen LogP contribution in [0.5, 0.6) is 0 Å². The summed E-state index contributed by atoms with van der Waals surface area (Å²) in [5, 5.41) is 3.24. The van der Waals surface area contributed by atoms with Gasteiger partial charge in [-0.2, -0.15) is 0 Å². The molecule has 0 amide bonds. The van der Waals surface area contributed by atoms with Crippen molar-refractivity contribution in [2.75, 3.05) is 11.9 Å². The first-order valence-electron chi connectivity index (χ1n) is 4.48. The standard InChI is InChI=1S/C11H12N2/c1-2-6-10(7-3-1)13-11-8-4-5-9-12-11/h1-4,6-8H,5,9H2,(H,12,13). The largest absolute Gasteiger partial charge is 0.341 e. The van der Waals surface area contributed by atoms with Crippen LogP contribution in [-0.4, -0.2) is 12.4 Å². The van der Waals surface area contributed by atoms with Crippen LogP contribution >= 0.6 is 0 Å². The zero-order valence-electron chi connectivity index (χ0n) is 7.40. The third-order valence-electron chi connectivity index (χ3n) is 1.90. The van der Waals surface area contributed by atoms with E-state index in [-0.39, 0.29) is 0 Å². The van der Waals surface area contributed by atoms with Gasteiger partial charge in [0.15, 0.2) is 0 Å². The average molecular weight is 172 g/mol. The van der Waals surface area contributed by atoms with Crippen LogP contribution in [0, 0.1) is 0 Å². The predicted octanol–water partition coefficient (Wildman–Crippen LogP) is 2.46. The highest BCUT2D eigenvalue weighted by atomic mass is 15.0. The van der Waals surface area contributed by atoms with Crippen molar-refractivity contribution in [3.8, 4) is 0 Å². The molecule has 1 heterocycles.